The molecule has 1 aromatic carbocycles. The topological polar surface area (TPSA) is 51.2 Å². The molecular weight excluding hydrogens is 319 g/mol. The number of esters is 1. The molecule has 2 aromatic rings. The Hall–Kier alpha value is -1.30. The maximum Gasteiger partial charge on any atom is 0.343 e. The van der Waals surface area contributed by atoms with E-state index in [2.05, 4.69) is 9.69 Å². The second-order valence-electron chi connectivity index (χ2n) is 3.91. The predicted molar refractivity (Wildman–Crippen MR) is 82.6 cm³/mol. The molecule has 0 radical (unpaired) electrons. The monoisotopic (exact) mass is 330 g/mol. The van der Waals surface area contributed by atoms with E-state index in [9.17, 15) is 4.79 Å². The molecule has 106 valence electrons. The third-order valence-corrected chi connectivity index (χ3v) is 4.03. The third-order valence-electron chi connectivity index (χ3n) is 2.54. The van der Waals surface area contributed by atoms with Gasteiger partial charge in [0, 0.05) is 0 Å². The first kappa shape index (κ1) is 15.1. The van der Waals surface area contributed by atoms with E-state index < -0.39 is 5.97 Å². The highest BCUT2D eigenvalue weighted by Gasteiger charge is 2.20. The van der Waals surface area contributed by atoms with Crippen molar-refractivity contribution < 1.29 is 9.53 Å². The number of anilines is 2. The second kappa shape index (κ2) is 6.43. The first-order chi connectivity index (χ1) is 9.54. The second-order valence-corrected chi connectivity index (χ2v) is 5.50. The number of halogens is 2. The Labute approximate surface area is 130 Å². The molecule has 0 aliphatic rings. The average molecular weight is 331 g/mol. The van der Waals surface area contributed by atoms with Gasteiger partial charge in [0.15, 0.2) is 0 Å². The zero-order chi connectivity index (χ0) is 14.7. The zero-order valence-electron chi connectivity index (χ0n) is 10.9. The van der Waals surface area contributed by atoms with Crippen molar-refractivity contribution in [2.75, 3.05) is 11.9 Å². The molecule has 0 fully saturated rings. The molecule has 0 amide bonds. The van der Waals surface area contributed by atoms with E-state index >= 15 is 0 Å². The molecule has 0 atom stereocenters. The van der Waals surface area contributed by atoms with Gasteiger partial charge in [-0.15, -0.1) is 0 Å². The predicted octanol–water partition coefficient (Wildman–Crippen LogP) is 4.68. The lowest BCUT2D eigenvalue weighted by atomic mass is 10.2. The van der Waals surface area contributed by atoms with E-state index in [-0.39, 0.29) is 0 Å². The Morgan fingerprint density at radius 1 is 1.40 bits per heavy atom. The van der Waals surface area contributed by atoms with Crippen LogP contribution in [0.3, 0.4) is 0 Å². The molecule has 4 nitrogen and oxygen atoms in total. The van der Waals surface area contributed by atoms with Crippen LogP contribution in [0.15, 0.2) is 18.2 Å². The molecule has 0 saturated heterocycles. The van der Waals surface area contributed by atoms with Crippen molar-refractivity contribution in [1.29, 1.82) is 0 Å². The molecule has 0 aliphatic heterocycles. The Morgan fingerprint density at radius 3 is 2.65 bits per heavy atom. The van der Waals surface area contributed by atoms with Crippen molar-refractivity contribution in [3.05, 3.63) is 39.5 Å². The molecule has 1 N–H and O–H groups in total. The fourth-order valence-electron chi connectivity index (χ4n) is 1.63. The summed E-state index contributed by atoms with van der Waals surface area (Å²) in [5, 5.41) is 4.57. The number of aromatic nitrogens is 1. The Kier molecular flexibility index (Phi) is 4.86. The van der Waals surface area contributed by atoms with Gasteiger partial charge in [0.2, 0.25) is 0 Å². The molecule has 20 heavy (non-hydrogen) atoms. The number of nitrogens with one attached hydrogen (secondary N) is 1. The number of carbonyl (C=O) groups excluding carboxylic acids is 1. The largest absolute Gasteiger partial charge is 0.462 e. The minimum absolute atomic E-state index is 0.306. The Morgan fingerprint density at radius 2 is 2.05 bits per heavy atom. The number of aryl methyl sites for hydroxylation is 1. The molecule has 0 unspecified atom stereocenters. The highest BCUT2D eigenvalue weighted by molar-refractivity contribution is 7.10. The van der Waals surface area contributed by atoms with Gasteiger partial charge in [0.05, 0.1) is 28.0 Å². The fraction of sp³-hybridized carbons (Fsp3) is 0.231. The van der Waals surface area contributed by atoms with Crippen LogP contribution in [0.1, 0.15) is 23.0 Å². The van der Waals surface area contributed by atoms with Crippen LogP contribution in [0, 0.1) is 6.92 Å². The third kappa shape index (κ3) is 3.06. The summed E-state index contributed by atoms with van der Waals surface area (Å²) < 4.78 is 9.20. The van der Waals surface area contributed by atoms with E-state index in [1.54, 1.807) is 32.0 Å². The van der Waals surface area contributed by atoms with E-state index in [1.165, 1.54) is 0 Å². The molecule has 1 aromatic heterocycles. The highest BCUT2D eigenvalue weighted by Crippen LogP contribution is 2.36. The lowest BCUT2D eigenvalue weighted by Crippen LogP contribution is -2.07. The minimum atomic E-state index is -0.413. The van der Waals surface area contributed by atoms with Crippen LogP contribution in [0.25, 0.3) is 0 Å². The first-order valence-electron chi connectivity index (χ1n) is 5.89. The standard InChI is InChI=1S/C13H12Cl2N2O2S/c1-3-19-13(18)10-7(2)17-20-12(10)16-11-8(14)5-4-6-9(11)15/h4-6,16H,3H2,1-2H3. The molecule has 0 bridgehead atoms. The number of carbonyl (C=O) groups is 1. The molecule has 0 saturated carbocycles. The van der Waals surface area contributed by atoms with Crippen LogP contribution < -0.4 is 5.32 Å². The van der Waals surface area contributed by atoms with Crippen molar-refractivity contribution >= 4 is 51.4 Å². The summed E-state index contributed by atoms with van der Waals surface area (Å²) in [6.07, 6.45) is 0. The summed E-state index contributed by atoms with van der Waals surface area (Å²) in [7, 11) is 0. The fourth-order valence-corrected chi connectivity index (χ4v) is 2.91. The Balaban J connectivity index is 2.38. The van der Waals surface area contributed by atoms with Gasteiger partial charge in [-0.25, -0.2) is 4.79 Å². The van der Waals surface area contributed by atoms with Gasteiger partial charge in [-0.1, -0.05) is 29.3 Å². The summed E-state index contributed by atoms with van der Waals surface area (Å²) in [6.45, 7) is 3.81. The van der Waals surface area contributed by atoms with Gasteiger partial charge in [-0.2, -0.15) is 4.37 Å². The van der Waals surface area contributed by atoms with Crippen molar-refractivity contribution in [3.63, 3.8) is 0 Å². The number of rotatable bonds is 4. The highest BCUT2D eigenvalue weighted by atomic mass is 35.5. The van der Waals surface area contributed by atoms with Gasteiger partial charge >= 0.3 is 5.97 Å². The summed E-state index contributed by atoms with van der Waals surface area (Å²) >= 11 is 13.4. The maximum atomic E-state index is 11.9. The molecular formula is C13H12Cl2N2O2S. The van der Waals surface area contributed by atoms with Gasteiger partial charge in [0.25, 0.3) is 0 Å². The van der Waals surface area contributed by atoms with Crippen LogP contribution in [-0.2, 0) is 4.74 Å². The number of benzene rings is 1. The molecule has 1 heterocycles. The van der Waals surface area contributed by atoms with Crippen molar-refractivity contribution in [1.82, 2.24) is 4.37 Å². The summed E-state index contributed by atoms with van der Waals surface area (Å²) in [5.41, 5.74) is 1.57. The lowest BCUT2D eigenvalue weighted by molar-refractivity contribution is 0.0527. The number of hydrogen-bond donors (Lipinski definition) is 1. The minimum Gasteiger partial charge on any atom is -0.462 e. The van der Waals surface area contributed by atoms with Gasteiger partial charge in [-0.3, -0.25) is 0 Å². The lowest BCUT2D eigenvalue weighted by Gasteiger charge is -2.10. The van der Waals surface area contributed by atoms with Crippen molar-refractivity contribution in [2.45, 2.75) is 13.8 Å². The number of ether oxygens (including phenoxy) is 1. The molecule has 0 aliphatic carbocycles. The van der Waals surface area contributed by atoms with E-state index in [0.717, 1.165) is 11.5 Å². The average Bonchev–Trinajstić information content (AvgIpc) is 2.75. The van der Waals surface area contributed by atoms with E-state index in [1.807, 2.05) is 0 Å². The van der Waals surface area contributed by atoms with Gasteiger partial charge in [-0.05, 0) is 37.5 Å². The zero-order valence-corrected chi connectivity index (χ0v) is 13.2. The summed E-state index contributed by atoms with van der Waals surface area (Å²) in [4.78, 5) is 11.9. The quantitative estimate of drug-likeness (QED) is 0.827. The Bertz CT molecular complexity index is 623. The van der Waals surface area contributed by atoms with Crippen molar-refractivity contribution in [3.8, 4) is 0 Å². The van der Waals surface area contributed by atoms with Crippen molar-refractivity contribution in [2.24, 2.45) is 0 Å². The number of nitrogens with zero attached hydrogens (tertiary/aromatic N) is 1. The SMILES string of the molecule is CCOC(=O)c1c(C)nsc1Nc1c(Cl)cccc1Cl. The van der Waals surface area contributed by atoms with Gasteiger partial charge in [0.1, 0.15) is 10.6 Å². The van der Waals surface area contributed by atoms with Crippen LogP contribution in [0.5, 0.6) is 0 Å². The van der Waals surface area contributed by atoms with Crippen LogP contribution in [-0.4, -0.2) is 16.9 Å². The molecule has 7 heteroatoms. The first-order valence-corrected chi connectivity index (χ1v) is 7.42. The molecule has 0 spiro atoms. The number of para-hydroxylation sites is 1. The van der Waals surface area contributed by atoms with Crippen LogP contribution in [0.2, 0.25) is 10.0 Å². The molecule has 2 rings (SSSR count). The normalized spacial score (nSPS) is 10.4. The number of hydrogen-bond acceptors (Lipinski definition) is 5. The summed E-state index contributed by atoms with van der Waals surface area (Å²) in [6, 6.07) is 5.18. The summed E-state index contributed by atoms with van der Waals surface area (Å²) in [5.74, 6) is -0.413. The smallest absolute Gasteiger partial charge is 0.343 e. The van der Waals surface area contributed by atoms with Crippen LogP contribution in [0.4, 0.5) is 10.7 Å². The van der Waals surface area contributed by atoms with Crippen LogP contribution >= 0.6 is 34.7 Å². The van der Waals surface area contributed by atoms with E-state index in [0.29, 0.717) is 38.6 Å². The van der Waals surface area contributed by atoms with Gasteiger partial charge < -0.3 is 10.1 Å². The van der Waals surface area contributed by atoms with E-state index in [4.69, 9.17) is 27.9 Å². The maximum absolute atomic E-state index is 11.9.